The largest absolute Gasteiger partial charge is 0.353 e. The van der Waals surface area contributed by atoms with E-state index in [2.05, 4.69) is 20.8 Å². The lowest BCUT2D eigenvalue weighted by Crippen LogP contribution is -2.19. The summed E-state index contributed by atoms with van der Waals surface area (Å²) in [6.45, 7) is 8.57. The first kappa shape index (κ1) is 25.9. The fourth-order valence-electron chi connectivity index (χ4n) is 3.32. The molecule has 0 saturated carbocycles. The summed E-state index contributed by atoms with van der Waals surface area (Å²) in [7, 11) is 0. The molecular formula is C24H50O2. The fourth-order valence-corrected chi connectivity index (χ4v) is 3.32. The van der Waals surface area contributed by atoms with Crippen molar-refractivity contribution in [2.75, 3.05) is 13.2 Å². The van der Waals surface area contributed by atoms with E-state index in [0.717, 1.165) is 19.6 Å². The number of rotatable bonds is 22. The first-order valence-electron chi connectivity index (χ1n) is 12.1. The van der Waals surface area contributed by atoms with Gasteiger partial charge in [-0.15, -0.1) is 0 Å². The Bertz CT molecular complexity index is 224. The lowest BCUT2D eigenvalue weighted by Gasteiger charge is -2.19. The van der Waals surface area contributed by atoms with E-state index < -0.39 is 0 Å². The SMILES string of the molecule is CCCCCCCCOC(CCCCCCC)OCCCCCCCC. The van der Waals surface area contributed by atoms with Crippen LogP contribution in [0.3, 0.4) is 0 Å². The Morgan fingerprint density at radius 1 is 0.423 bits per heavy atom. The van der Waals surface area contributed by atoms with Crippen LogP contribution in [-0.4, -0.2) is 19.5 Å². The number of ether oxygens (including phenoxy) is 2. The normalized spacial score (nSPS) is 11.5. The van der Waals surface area contributed by atoms with E-state index in [4.69, 9.17) is 9.47 Å². The molecule has 0 N–H and O–H groups in total. The Morgan fingerprint density at radius 2 is 0.769 bits per heavy atom. The molecular weight excluding hydrogens is 320 g/mol. The number of unbranched alkanes of at least 4 members (excludes halogenated alkanes) is 14. The van der Waals surface area contributed by atoms with Crippen molar-refractivity contribution in [2.45, 2.75) is 143 Å². The second-order valence-corrected chi connectivity index (χ2v) is 7.91. The van der Waals surface area contributed by atoms with Gasteiger partial charge in [-0.1, -0.05) is 111 Å². The highest BCUT2D eigenvalue weighted by Crippen LogP contribution is 2.13. The Hall–Kier alpha value is -0.0800. The Kier molecular flexibility index (Phi) is 22.9. The maximum atomic E-state index is 6.08. The van der Waals surface area contributed by atoms with Gasteiger partial charge in [0.25, 0.3) is 0 Å². The summed E-state index contributed by atoms with van der Waals surface area (Å²) in [4.78, 5) is 0. The van der Waals surface area contributed by atoms with E-state index in [0.29, 0.717) is 0 Å². The molecule has 0 aromatic heterocycles. The molecule has 0 fully saturated rings. The second-order valence-electron chi connectivity index (χ2n) is 7.91. The molecule has 0 saturated heterocycles. The van der Waals surface area contributed by atoms with Crippen LogP contribution in [0.5, 0.6) is 0 Å². The third kappa shape index (κ3) is 20.2. The van der Waals surface area contributed by atoms with Gasteiger partial charge in [-0.25, -0.2) is 0 Å². The van der Waals surface area contributed by atoms with Crippen LogP contribution in [-0.2, 0) is 9.47 Å². The minimum absolute atomic E-state index is 0.0444. The predicted molar refractivity (Wildman–Crippen MR) is 116 cm³/mol. The molecule has 2 heteroatoms. The minimum atomic E-state index is 0.0444. The van der Waals surface area contributed by atoms with Crippen molar-refractivity contribution in [3.8, 4) is 0 Å². The van der Waals surface area contributed by atoms with Gasteiger partial charge in [0.2, 0.25) is 0 Å². The molecule has 0 aliphatic heterocycles. The van der Waals surface area contributed by atoms with Crippen molar-refractivity contribution in [1.82, 2.24) is 0 Å². The maximum Gasteiger partial charge on any atom is 0.157 e. The van der Waals surface area contributed by atoms with Crippen LogP contribution in [0.25, 0.3) is 0 Å². The van der Waals surface area contributed by atoms with Crippen molar-refractivity contribution in [3.63, 3.8) is 0 Å². The molecule has 0 aliphatic carbocycles. The van der Waals surface area contributed by atoms with Crippen molar-refractivity contribution in [1.29, 1.82) is 0 Å². The molecule has 0 radical (unpaired) electrons. The first-order valence-corrected chi connectivity index (χ1v) is 12.1. The van der Waals surface area contributed by atoms with E-state index in [1.807, 2.05) is 0 Å². The highest BCUT2D eigenvalue weighted by Gasteiger charge is 2.09. The monoisotopic (exact) mass is 370 g/mol. The van der Waals surface area contributed by atoms with Gasteiger partial charge in [0.1, 0.15) is 0 Å². The van der Waals surface area contributed by atoms with Crippen LogP contribution in [0.1, 0.15) is 136 Å². The van der Waals surface area contributed by atoms with E-state index in [1.165, 1.54) is 109 Å². The molecule has 0 heterocycles. The standard InChI is InChI=1S/C24H50O2/c1-4-7-10-13-16-19-22-25-24(21-18-15-12-9-6-3)26-23-20-17-14-11-8-5-2/h24H,4-23H2,1-3H3. The minimum Gasteiger partial charge on any atom is -0.353 e. The third-order valence-electron chi connectivity index (χ3n) is 5.15. The predicted octanol–water partition coefficient (Wildman–Crippen LogP) is 8.43. The van der Waals surface area contributed by atoms with Crippen LogP contribution >= 0.6 is 0 Å². The maximum absolute atomic E-state index is 6.08. The molecule has 0 aliphatic rings. The summed E-state index contributed by atoms with van der Waals surface area (Å²) in [5.41, 5.74) is 0. The van der Waals surface area contributed by atoms with Crippen LogP contribution in [0.15, 0.2) is 0 Å². The van der Waals surface area contributed by atoms with Gasteiger partial charge >= 0.3 is 0 Å². The molecule has 0 atom stereocenters. The summed E-state index contributed by atoms with van der Waals surface area (Å²) in [6.07, 6.45) is 23.6. The summed E-state index contributed by atoms with van der Waals surface area (Å²) in [6, 6.07) is 0. The summed E-state index contributed by atoms with van der Waals surface area (Å²) >= 11 is 0. The Labute approximate surface area is 165 Å². The number of hydrogen-bond acceptors (Lipinski definition) is 2. The lowest BCUT2D eigenvalue weighted by molar-refractivity contribution is -0.148. The second kappa shape index (κ2) is 23.0. The topological polar surface area (TPSA) is 18.5 Å². The Morgan fingerprint density at radius 3 is 1.19 bits per heavy atom. The van der Waals surface area contributed by atoms with E-state index >= 15 is 0 Å². The van der Waals surface area contributed by atoms with Gasteiger partial charge < -0.3 is 9.47 Å². The highest BCUT2D eigenvalue weighted by molar-refractivity contribution is 4.52. The molecule has 0 aromatic carbocycles. The third-order valence-corrected chi connectivity index (χ3v) is 5.15. The average molecular weight is 371 g/mol. The lowest BCUT2D eigenvalue weighted by atomic mass is 10.1. The molecule has 0 aromatic rings. The van der Waals surface area contributed by atoms with Crippen molar-refractivity contribution in [2.24, 2.45) is 0 Å². The molecule has 0 rings (SSSR count). The molecule has 0 spiro atoms. The van der Waals surface area contributed by atoms with Gasteiger partial charge in [0.15, 0.2) is 6.29 Å². The zero-order valence-electron chi connectivity index (χ0n) is 18.5. The summed E-state index contributed by atoms with van der Waals surface area (Å²) in [5.74, 6) is 0. The Balaban J connectivity index is 3.75. The smallest absolute Gasteiger partial charge is 0.157 e. The molecule has 2 nitrogen and oxygen atoms in total. The molecule has 0 unspecified atom stereocenters. The van der Waals surface area contributed by atoms with Crippen molar-refractivity contribution < 1.29 is 9.47 Å². The van der Waals surface area contributed by atoms with Gasteiger partial charge in [-0.3, -0.25) is 0 Å². The van der Waals surface area contributed by atoms with Crippen LogP contribution in [0, 0.1) is 0 Å². The molecule has 0 amide bonds. The van der Waals surface area contributed by atoms with E-state index in [1.54, 1.807) is 0 Å². The van der Waals surface area contributed by atoms with Crippen molar-refractivity contribution in [3.05, 3.63) is 0 Å². The number of hydrogen-bond donors (Lipinski definition) is 0. The quantitative estimate of drug-likeness (QED) is 0.141. The van der Waals surface area contributed by atoms with E-state index in [9.17, 15) is 0 Å². The van der Waals surface area contributed by atoms with Crippen LogP contribution in [0.2, 0.25) is 0 Å². The van der Waals surface area contributed by atoms with Gasteiger partial charge in [-0.2, -0.15) is 0 Å². The van der Waals surface area contributed by atoms with E-state index in [-0.39, 0.29) is 6.29 Å². The molecule has 158 valence electrons. The molecule has 0 bridgehead atoms. The first-order chi connectivity index (χ1) is 12.8. The average Bonchev–Trinajstić information content (AvgIpc) is 2.65. The van der Waals surface area contributed by atoms with Crippen LogP contribution < -0.4 is 0 Å². The zero-order chi connectivity index (χ0) is 19.1. The van der Waals surface area contributed by atoms with Gasteiger partial charge in [-0.05, 0) is 25.7 Å². The summed E-state index contributed by atoms with van der Waals surface area (Å²) in [5, 5.41) is 0. The van der Waals surface area contributed by atoms with Crippen LogP contribution in [0.4, 0.5) is 0 Å². The van der Waals surface area contributed by atoms with Gasteiger partial charge in [0.05, 0.1) is 0 Å². The van der Waals surface area contributed by atoms with Crippen molar-refractivity contribution >= 4 is 0 Å². The zero-order valence-corrected chi connectivity index (χ0v) is 18.5. The van der Waals surface area contributed by atoms with Gasteiger partial charge in [0, 0.05) is 13.2 Å². The fraction of sp³-hybridized carbons (Fsp3) is 1.00. The summed E-state index contributed by atoms with van der Waals surface area (Å²) < 4.78 is 12.2. The molecule has 26 heavy (non-hydrogen) atoms. The highest BCUT2D eigenvalue weighted by atomic mass is 16.7.